The van der Waals surface area contributed by atoms with Crippen LogP contribution in [0.25, 0.3) is 0 Å². The van der Waals surface area contributed by atoms with Gasteiger partial charge in [-0.1, -0.05) is 43.6 Å². The van der Waals surface area contributed by atoms with Crippen LogP contribution < -0.4 is 0 Å². The highest BCUT2D eigenvalue weighted by Crippen LogP contribution is 2.21. The van der Waals surface area contributed by atoms with Gasteiger partial charge in [-0.25, -0.2) is 0 Å². The van der Waals surface area contributed by atoms with Crippen molar-refractivity contribution < 1.29 is 0 Å². The summed E-state index contributed by atoms with van der Waals surface area (Å²) in [4.78, 5) is 0. The van der Waals surface area contributed by atoms with Crippen molar-refractivity contribution in [1.82, 2.24) is 0 Å². The molecule has 1 atom stereocenters. The average molecular weight is 231 g/mol. The normalized spacial score (nSPS) is 13.2. The average Bonchev–Trinajstić information content (AvgIpc) is 2.16. The van der Waals surface area contributed by atoms with Crippen LogP contribution in [0.5, 0.6) is 0 Å². The van der Waals surface area contributed by atoms with E-state index >= 15 is 0 Å². The van der Waals surface area contributed by atoms with Crippen LogP contribution in [0, 0.1) is 5.92 Å². The fraction of sp³-hybridized carbons (Fsp3) is 0.500. The Kier molecular flexibility index (Phi) is 4.77. The molecule has 78 valence electrons. The number of halogens is 2. The van der Waals surface area contributed by atoms with Crippen molar-refractivity contribution in [3.63, 3.8) is 0 Å². The molecule has 1 rings (SSSR count). The maximum absolute atomic E-state index is 6.17. The molecule has 0 bridgehead atoms. The molecule has 0 spiro atoms. The Morgan fingerprint density at radius 3 is 2.43 bits per heavy atom. The molecule has 0 radical (unpaired) electrons. The van der Waals surface area contributed by atoms with Crippen molar-refractivity contribution in [3.8, 4) is 0 Å². The van der Waals surface area contributed by atoms with E-state index in [0.29, 0.717) is 5.92 Å². The smallest absolute Gasteiger partial charge is 0.0437 e. The zero-order valence-corrected chi connectivity index (χ0v) is 10.1. The van der Waals surface area contributed by atoms with Gasteiger partial charge >= 0.3 is 0 Å². The van der Waals surface area contributed by atoms with Crippen molar-refractivity contribution in [2.45, 2.75) is 32.1 Å². The third-order valence-corrected chi connectivity index (χ3v) is 3.46. The number of alkyl halides is 1. The molecule has 1 aromatic rings. The number of hydrogen-bond donors (Lipinski definition) is 0. The summed E-state index contributed by atoms with van der Waals surface area (Å²) >= 11 is 12.2. The van der Waals surface area contributed by atoms with Gasteiger partial charge in [-0.15, -0.1) is 11.6 Å². The highest BCUT2D eigenvalue weighted by molar-refractivity contribution is 6.31. The molecule has 0 aliphatic rings. The van der Waals surface area contributed by atoms with E-state index in [1.807, 2.05) is 18.2 Å². The third kappa shape index (κ3) is 3.51. The quantitative estimate of drug-likeness (QED) is 0.667. The minimum Gasteiger partial charge on any atom is -0.123 e. The van der Waals surface area contributed by atoms with Gasteiger partial charge in [-0.3, -0.25) is 0 Å². The minimum absolute atomic E-state index is 0.242. The van der Waals surface area contributed by atoms with Crippen LogP contribution in [0.1, 0.15) is 25.8 Å². The number of aryl methyl sites for hydroxylation is 1. The largest absolute Gasteiger partial charge is 0.123 e. The van der Waals surface area contributed by atoms with Gasteiger partial charge in [0.1, 0.15) is 0 Å². The van der Waals surface area contributed by atoms with E-state index in [2.05, 4.69) is 19.9 Å². The van der Waals surface area contributed by atoms with Gasteiger partial charge in [0, 0.05) is 10.4 Å². The molecule has 0 heterocycles. The second-order valence-electron chi connectivity index (χ2n) is 3.89. The standard InChI is InChI=1S/C12H16Cl2/c1-9(2)11(13)8-7-10-5-3-4-6-12(10)14/h3-6,9,11H,7-8H2,1-2H3. The summed E-state index contributed by atoms with van der Waals surface area (Å²) in [5.41, 5.74) is 1.19. The summed E-state index contributed by atoms with van der Waals surface area (Å²) < 4.78 is 0. The van der Waals surface area contributed by atoms with Gasteiger partial charge in [-0.2, -0.15) is 0 Å². The Hall–Kier alpha value is -0.200. The van der Waals surface area contributed by atoms with E-state index in [-0.39, 0.29) is 5.38 Å². The fourth-order valence-electron chi connectivity index (χ4n) is 1.33. The Bertz CT molecular complexity index is 281. The molecule has 0 nitrogen and oxygen atoms in total. The lowest BCUT2D eigenvalue weighted by Gasteiger charge is -2.13. The van der Waals surface area contributed by atoms with Crippen LogP contribution in [0.3, 0.4) is 0 Å². The maximum Gasteiger partial charge on any atom is 0.0437 e. The Morgan fingerprint density at radius 2 is 1.86 bits per heavy atom. The molecule has 0 N–H and O–H groups in total. The predicted octanol–water partition coefficient (Wildman–Crippen LogP) is 4.54. The Balaban J connectivity index is 2.50. The highest BCUT2D eigenvalue weighted by Gasteiger charge is 2.10. The molecule has 0 aromatic heterocycles. The van der Waals surface area contributed by atoms with Gasteiger partial charge in [0.25, 0.3) is 0 Å². The topological polar surface area (TPSA) is 0 Å². The summed E-state index contributed by atoms with van der Waals surface area (Å²) in [7, 11) is 0. The van der Waals surface area contributed by atoms with Crippen LogP contribution in [-0.2, 0) is 6.42 Å². The van der Waals surface area contributed by atoms with Gasteiger partial charge in [0.15, 0.2) is 0 Å². The summed E-state index contributed by atoms with van der Waals surface area (Å²) in [5, 5.41) is 1.09. The predicted molar refractivity (Wildman–Crippen MR) is 64.3 cm³/mol. The molecule has 14 heavy (non-hydrogen) atoms. The second kappa shape index (κ2) is 5.63. The third-order valence-electron chi connectivity index (χ3n) is 2.37. The lowest BCUT2D eigenvalue weighted by atomic mass is 10.0. The second-order valence-corrected chi connectivity index (χ2v) is 4.86. The summed E-state index contributed by atoms with van der Waals surface area (Å²) in [6.07, 6.45) is 1.95. The van der Waals surface area contributed by atoms with E-state index in [1.165, 1.54) is 5.56 Å². The van der Waals surface area contributed by atoms with E-state index in [9.17, 15) is 0 Å². The lowest BCUT2D eigenvalue weighted by Crippen LogP contribution is -2.08. The fourth-order valence-corrected chi connectivity index (χ4v) is 1.67. The molecule has 0 saturated heterocycles. The highest BCUT2D eigenvalue weighted by atomic mass is 35.5. The molecule has 0 aliphatic heterocycles. The molecule has 0 fully saturated rings. The van der Waals surface area contributed by atoms with Crippen LogP contribution in [0.15, 0.2) is 24.3 Å². The molecule has 0 amide bonds. The van der Waals surface area contributed by atoms with Gasteiger partial charge in [0.05, 0.1) is 0 Å². The van der Waals surface area contributed by atoms with Crippen molar-refractivity contribution in [2.24, 2.45) is 5.92 Å². The van der Waals surface area contributed by atoms with Crippen LogP contribution >= 0.6 is 23.2 Å². The Labute approximate surface area is 96.2 Å². The van der Waals surface area contributed by atoms with Gasteiger partial charge in [-0.05, 0) is 30.4 Å². The zero-order chi connectivity index (χ0) is 10.6. The van der Waals surface area contributed by atoms with Crippen LogP contribution in [0.4, 0.5) is 0 Å². The van der Waals surface area contributed by atoms with Crippen molar-refractivity contribution in [1.29, 1.82) is 0 Å². The van der Waals surface area contributed by atoms with Gasteiger partial charge < -0.3 is 0 Å². The maximum atomic E-state index is 6.17. The van der Waals surface area contributed by atoms with Crippen molar-refractivity contribution in [2.75, 3.05) is 0 Å². The molecule has 0 saturated carbocycles. The first-order valence-electron chi connectivity index (χ1n) is 4.98. The molecule has 0 aliphatic carbocycles. The lowest BCUT2D eigenvalue weighted by molar-refractivity contribution is 0.565. The summed E-state index contributed by atoms with van der Waals surface area (Å²) in [5.74, 6) is 0.527. The molecule has 1 aromatic carbocycles. The first kappa shape index (κ1) is 11.9. The van der Waals surface area contributed by atoms with E-state index in [1.54, 1.807) is 0 Å². The molecular formula is C12H16Cl2. The monoisotopic (exact) mass is 230 g/mol. The van der Waals surface area contributed by atoms with E-state index in [0.717, 1.165) is 17.9 Å². The van der Waals surface area contributed by atoms with E-state index < -0.39 is 0 Å². The number of hydrogen-bond acceptors (Lipinski definition) is 0. The van der Waals surface area contributed by atoms with Crippen molar-refractivity contribution >= 4 is 23.2 Å². The number of benzene rings is 1. The first-order valence-corrected chi connectivity index (χ1v) is 5.80. The summed E-state index contributed by atoms with van der Waals surface area (Å²) in [6.45, 7) is 4.29. The number of rotatable bonds is 4. The zero-order valence-electron chi connectivity index (χ0n) is 8.63. The Morgan fingerprint density at radius 1 is 1.21 bits per heavy atom. The first-order chi connectivity index (χ1) is 6.61. The SMILES string of the molecule is CC(C)C(Cl)CCc1ccccc1Cl. The van der Waals surface area contributed by atoms with Crippen LogP contribution in [0.2, 0.25) is 5.02 Å². The van der Waals surface area contributed by atoms with Crippen molar-refractivity contribution in [3.05, 3.63) is 34.9 Å². The minimum atomic E-state index is 0.242. The van der Waals surface area contributed by atoms with Crippen LogP contribution in [-0.4, -0.2) is 5.38 Å². The molecule has 1 unspecified atom stereocenters. The van der Waals surface area contributed by atoms with E-state index in [4.69, 9.17) is 23.2 Å². The summed E-state index contributed by atoms with van der Waals surface area (Å²) in [6, 6.07) is 7.95. The molecular weight excluding hydrogens is 215 g/mol. The molecule has 2 heteroatoms. The van der Waals surface area contributed by atoms with Gasteiger partial charge in [0.2, 0.25) is 0 Å².